The summed E-state index contributed by atoms with van der Waals surface area (Å²) in [6.07, 6.45) is 1.60. The molecule has 0 aliphatic rings. The van der Waals surface area contributed by atoms with Gasteiger partial charge in [0.2, 0.25) is 0 Å². The van der Waals surface area contributed by atoms with Gasteiger partial charge in [-0.1, -0.05) is 19.4 Å². The summed E-state index contributed by atoms with van der Waals surface area (Å²) in [5, 5.41) is 0. The number of nitrogens with two attached hydrogens (primary N) is 1. The highest BCUT2D eigenvalue weighted by atomic mass is 19.1. The molecular weight excluding hydrogens is 172 g/mol. The van der Waals surface area contributed by atoms with Crippen molar-refractivity contribution >= 4 is 0 Å². The molecule has 13 heavy (non-hydrogen) atoms. The molecule has 0 fully saturated rings. The Kier molecular flexibility index (Phi) is 3.37. The molecular formula is C10H13F2N. The second-order valence-electron chi connectivity index (χ2n) is 3.06. The van der Waals surface area contributed by atoms with Crippen molar-refractivity contribution in [1.82, 2.24) is 0 Å². The zero-order chi connectivity index (χ0) is 9.84. The van der Waals surface area contributed by atoms with Gasteiger partial charge in [0.15, 0.2) is 0 Å². The zero-order valence-corrected chi connectivity index (χ0v) is 7.56. The minimum atomic E-state index is -0.565. The lowest BCUT2D eigenvalue weighted by Crippen LogP contribution is -2.11. The van der Waals surface area contributed by atoms with Crippen LogP contribution in [0.25, 0.3) is 0 Å². The summed E-state index contributed by atoms with van der Waals surface area (Å²) in [4.78, 5) is 0. The van der Waals surface area contributed by atoms with E-state index in [9.17, 15) is 8.78 Å². The molecule has 1 aromatic carbocycles. The van der Waals surface area contributed by atoms with Crippen LogP contribution in [0.1, 0.15) is 31.4 Å². The van der Waals surface area contributed by atoms with Crippen molar-refractivity contribution in [1.29, 1.82) is 0 Å². The summed E-state index contributed by atoms with van der Waals surface area (Å²) in [6, 6.07) is 3.18. The summed E-state index contributed by atoms with van der Waals surface area (Å²) in [5.74, 6) is -1.12. The van der Waals surface area contributed by atoms with E-state index in [1.165, 1.54) is 12.1 Å². The lowest BCUT2D eigenvalue weighted by atomic mass is 10.0. The fourth-order valence-corrected chi connectivity index (χ4v) is 1.27. The van der Waals surface area contributed by atoms with Crippen LogP contribution < -0.4 is 5.73 Å². The maximum absolute atomic E-state index is 13.1. The molecule has 1 nitrogen and oxygen atoms in total. The number of benzene rings is 1. The van der Waals surface area contributed by atoms with Crippen LogP contribution >= 0.6 is 0 Å². The highest BCUT2D eigenvalue weighted by Crippen LogP contribution is 2.19. The quantitative estimate of drug-likeness (QED) is 0.769. The summed E-state index contributed by atoms with van der Waals surface area (Å²) in [5.41, 5.74) is 6.09. The fraction of sp³-hybridized carbons (Fsp3) is 0.400. The van der Waals surface area contributed by atoms with E-state index in [-0.39, 0.29) is 6.04 Å². The van der Waals surface area contributed by atoms with Gasteiger partial charge in [0, 0.05) is 17.7 Å². The summed E-state index contributed by atoms with van der Waals surface area (Å²) in [7, 11) is 0. The maximum atomic E-state index is 13.1. The van der Waals surface area contributed by atoms with Crippen LogP contribution in [0, 0.1) is 11.6 Å². The molecule has 0 saturated heterocycles. The molecule has 0 aromatic heterocycles. The van der Waals surface area contributed by atoms with Gasteiger partial charge in [0.25, 0.3) is 0 Å². The van der Waals surface area contributed by atoms with Crippen molar-refractivity contribution in [3.63, 3.8) is 0 Å². The maximum Gasteiger partial charge on any atom is 0.130 e. The van der Waals surface area contributed by atoms with Gasteiger partial charge in [-0.2, -0.15) is 0 Å². The lowest BCUT2D eigenvalue weighted by Gasteiger charge is -2.11. The topological polar surface area (TPSA) is 26.0 Å². The molecule has 0 spiro atoms. The second-order valence-corrected chi connectivity index (χ2v) is 3.06. The van der Waals surface area contributed by atoms with Crippen LogP contribution in [0.15, 0.2) is 18.2 Å². The first-order valence-corrected chi connectivity index (χ1v) is 4.35. The van der Waals surface area contributed by atoms with E-state index in [2.05, 4.69) is 0 Å². The van der Waals surface area contributed by atoms with Gasteiger partial charge < -0.3 is 5.73 Å². The molecule has 0 amide bonds. The zero-order valence-electron chi connectivity index (χ0n) is 7.56. The molecule has 3 heteroatoms. The molecule has 0 aliphatic carbocycles. The van der Waals surface area contributed by atoms with Crippen LogP contribution in [0.5, 0.6) is 0 Å². The first kappa shape index (κ1) is 10.1. The molecule has 0 radical (unpaired) electrons. The molecule has 0 saturated carbocycles. The first-order chi connectivity index (χ1) is 6.15. The van der Waals surface area contributed by atoms with Crippen LogP contribution in [-0.4, -0.2) is 0 Å². The van der Waals surface area contributed by atoms with Crippen molar-refractivity contribution in [2.75, 3.05) is 0 Å². The normalized spacial score (nSPS) is 12.9. The molecule has 1 aromatic rings. The summed E-state index contributed by atoms with van der Waals surface area (Å²) in [6.45, 7) is 1.97. The fourth-order valence-electron chi connectivity index (χ4n) is 1.27. The number of hydrogen-bond donors (Lipinski definition) is 1. The van der Waals surface area contributed by atoms with E-state index in [0.717, 1.165) is 12.5 Å². The minimum absolute atomic E-state index is 0.328. The predicted octanol–water partition coefficient (Wildman–Crippen LogP) is 2.76. The summed E-state index contributed by atoms with van der Waals surface area (Å²) < 4.78 is 25.6. The molecule has 72 valence electrons. The number of hydrogen-bond acceptors (Lipinski definition) is 1. The van der Waals surface area contributed by atoms with E-state index in [1.54, 1.807) is 0 Å². The highest BCUT2D eigenvalue weighted by Gasteiger charge is 2.10. The number of halogens is 2. The molecule has 0 aliphatic heterocycles. The van der Waals surface area contributed by atoms with Gasteiger partial charge >= 0.3 is 0 Å². The Balaban J connectivity index is 2.88. The third-order valence-electron chi connectivity index (χ3n) is 1.96. The second kappa shape index (κ2) is 4.33. The smallest absolute Gasteiger partial charge is 0.130 e. The Labute approximate surface area is 76.6 Å². The van der Waals surface area contributed by atoms with E-state index in [0.29, 0.717) is 12.0 Å². The molecule has 2 N–H and O–H groups in total. The SMILES string of the molecule is CCC[C@H](N)c1ccc(F)cc1F. The van der Waals surface area contributed by atoms with Crippen molar-refractivity contribution in [3.05, 3.63) is 35.4 Å². The minimum Gasteiger partial charge on any atom is -0.324 e. The lowest BCUT2D eigenvalue weighted by molar-refractivity contribution is 0.541. The molecule has 1 atom stereocenters. The largest absolute Gasteiger partial charge is 0.324 e. The van der Waals surface area contributed by atoms with Crippen molar-refractivity contribution in [2.24, 2.45) is 5.73 Å². The average molecular weight is 185 g/mol. The van der Waals surface area contributed by atoms with E-state index >= 15 is 0 Å². The standard InChI is InChI=1S/C10H13F2N/c1-2-3-10(13)8-5-4-7(11)6-9(8)12/h4-6,10H,2-3,13H2,1H3/t10-/m0/s1. The third-order valence-corrected chi connectivity index (χ3v) is 1.96. The Bertz CT molecular complexity index is 286. The van der Waals surface area contributed by atoms with E-state index < -0.39 is 11.6 Å². The Hall–Kier alpha value is -0.960. The van der Waals surface area contributed by atoms with Gasteiger partial charge in [-0.25, -0.2) is 8.78 Å². The predicted molar refractivity (Wildman–Crippen MR) is 48.2 cm³/mol. The van der Waals surface area contributed by atoms with Crippen molar-refractivity contribution in [3.8, 4) is 0 Å². The van der Waals surface area contributed by atoms with E-state index in [1.807, 2.05) is 6.92 Å². The van der Waals surface area contributed by atoms with Gasteiger partial charge in [0.05, 0.1) is 0 Å². The van der Waals surface area contributed by atoms with Crippen LogP contribution in [0.2, 0.25) is 0 Å². The van der Waals surface area contributed by atoms with E-state index in [4.69, 9.17) is 5.73 Å². The molecule has 0 unspecified atom stereocenters. The van der Waals surface area contributed by atoms with Gasteiger partial charge in [0.1, 0.15) is 11.6 Å². The van der Waals surface area contributed by atoms with Crippen LogP contribution in [0.4, 0.5) is 8.78 Å². The molecule has 1 rings (SSSR count). The summed E-state index contributed by atoms with van der Waals surface area (Å²) >= 11 is 0. The highest BCUT2D eigenvalue weighted by molar-refractivity contribution is 5.21. The van der Waals surface area contributed by atoms with Crippen molar-refractivity contribution < 1.29 is 8.78 Å². The Morgan fingerprint density at radius 1 is 1.38 bits per heavy atom. The van der Waals surface area contributed by atoms with Gasteiger partial charge in [-0.15, -0.1) is 0 Å². The van der Waals surface area contributed by atoms with Crippen LogP contribution in [-0.2, 0) is 0 Å². The van der Waals surface area contributed by atoms with Gasteiger partial charge in [-0.05, 0) is 12.5 Å². The van der Waals surface area contributed by atoms with Crippen LogP contribution in [0.3, 0.4) is 0 Å². The Morgan fingerprint density at radius 2 is 2.08 bits per heavy atom. The van der Waals surface area contributed by atoms with Gasteiger partial charge in [-0.3, -0.25) is 0 Å². The third kappa shape index (κ3) is 2.49. The molecule has 0 heterocycles. The molecule has 0 bridgehead atoms. The monoisotopic (exact) mass is 185 g/mol. The van der Waals surface area contributed by atoms with Crippen molar-refractivity contribution in [2.45, 2.75) is 25.8 Å². The average Bonchev–Trinajstić information content (AvgIpc) is 2.04. The number of rotatable bonds is 3. The Morgan fingerprint density at radius 3 is 2.62 bits per heavy atom. The first-order valence-electron chi connectivity index (χ1n) is 4.35.